The van der Waals surface area contributed by atoms with Gasteiger partial charge >= 0.3 is 0 Å². The van der Waals surface area contributed by atoms with E-state index in [0.717, 1.165) is 31.1 Å². The molecule has 0 aliphatic heterocycles. The van der Waals surface area contributed by atoms with E-state index < -0.39 is 0 Å². The predicted octanol–water partition coefficient (Wildman–Crippen LogP) is 2.08. The standard InChI is InChI=1S/C14H22N2O/c1-12-6-4-10-16(14(12)17)11-5-9-15-13-7-2-3-8-13/h4,6,10,13,15H,2-3,5,7-9,11H2,1H3. The Balaban J connectivity index is 1.74. The molecule has 0 unspecified atom stereocenters. The van der Waals surface area contributed by atoms with Gasteiger partial charge in [0.2, 0.25) is 0 Å². The predicted molar refractivity (Wildman–Crippen MR) is 70.3 cm³/mol. The summed E-state index contributed by atoms with van der Waals surface area (Å²) >= 11 is 0. The third-order valence-electron chi connectivity index (χ3n) is 3.57. The van der Waals surface area contributed by atoms with Gasteiger partial charge in [0.1, 0.15) is 0 Å². The summed E-state index contributed by atoms with van der Waals surface area (Å²) in [6.45, 7) is 3.71. The van der Waals surface area contributed by atoms with Crippen LogP contribution in [0.15, 0.2) is 23.1 Å². The minimum Gasteiger partial charge on any atom is -0.315 e. The van der Waals surface area contributed by atoms with Crippen LogP contribution in [0.4, 0.5) is 0 Å². The van der Waals surface area contributed by atoms with E-state index in [2.05, 4.69) is 5.32 Å². The Bertz CT molecular complexity index is 405. The molecule has 3 heteroatoms. The zero-order valence-corrected chi connectivity index (χ0v) is 10.6. The molecule has 1 saturated carbocycles. The van der Waals surface area contributed by atoms with Crippen molar-refractivity contribution in [1.29, 1.82) is 0 Å². The molecule has 1 N–H and O–H groups in total. The molecule has 3 nitrogen and oxygen atoms in total. The third kappa shape index (κ3) is 3.43. The van der Waals surface area contributed by atoms with Gasteiger partial charge in [0.05, 0.1) is 0 Å². The van der Waals surface area contributed by atoms with Gasteiger partial charge in [-0.2, -0.15) is 0 Å². The molecule has 1 aromatic rings. The molecule has 17 heavy (non-hydrogen) atoms. The Hall–Kier alpha value is -1.09. The molecular formula is C14H22N2O. The van der Waals surface area contributed by atoms with Crippen molar-refractivity contribution in [2.75, 3.05) is 6.54 Å². The van der Waals surface area contributed by atoms with Crippen molar-refractivity contribution in [3.63, 3.8) is 0 Å². The smallest absolute Gasteiger partial charge is 0.253 e. The molecule has 0 aromatic carbocycles. The van der Waals surface area contributed by atoms with Crippen LogP contribution < -0.4 is 10.9 Å². The fourth-order valence-corrected chi connectivity index (χ4v) is 2.52. The first kappa shape index (κ1) is 12.4. The van der Waals surface area contributed by atoms with E-state index in [4.69, 9.17) is 0 Å². The van der Waals surface area contributed by atoms with Crippen molar-refractivity contribution < 1.29 is 0 Å². The summed E-state index contributed by atoms with van der Waals surface area (Å²) < 4.78 is 1.81. The summed E-state index contributed by atoms with van der Waals surface area (Å²) in [5.74, 6) is 0. The van der Waals surface area contributed by atoms with Crippen molar-refractivity contribution in [2.45, 2.75) is 51.6 Å². The number of hydrogen-bond donors (Lipinski definition) is 1. The summed E-state index contributed by atoms with van der Waals surface area (Å²) in [6, 6.07) is 4.54. The lowest BCUT2D eigenvalue weighted by Gasteiger charge is -2.12. The Morgan fingerprint density at radius 1 is 1.41 bits per heavy atom. The van der Waals surface area contributed by atoms with E-state index in [0.29, 0.717) is 0 Å². The van der Waals surface area contributed by atoms with Gasteiger partial charge in [0.25, 0.3) is 5.56 Å². The normalized spacial score (nSPS) is 16.5. The Morgan fingerprint density at radius 3 is 2.94 bits per heavy atom. The van der Waals surface area contributed by atoms with Crippen LogP contribution in [0.25, 0.3) is 0 Å². The highest BCUT2D eigenvalue weighted by Crippen LogP contribution is 2.17. The van der Waals surface area contributed by atoms with Crippen LogP contribution in [0.5, 0.6) is 0 Å². The van der Waals surface area contributed by atoms with Crippen molar-refractivity contribution in [3.05, 3.63) is 34.2 Å². The Morgan fingerprint density at radius 2 is 2.18 bits per heavy atom. The fraction of sp³-hybridized carbons (Fsp3) is 0.643. The first-order valence-electron chi connectivity index (χ1n) is 6.67. The molecule has 1 heterocycles. The molecule has 0 saturated heterocycles. The van der Waals surface area contributed by atoms with Gasteiger partial charge in [0.15, 0.2) is 0 Å². The van der Waals surface area contributed by atoms with Crippen LogP contribution in [0.1, 0.15) is 37.7 Å². The molecule has 0 amide bonds. The molecule has 2 rings (SSSR count). The molecule has 0 radical (unpaired) electrons. The van der Waals surface area contributed by atoms with E-state index in [1.807, 2.05) is 29.8 Å². The maximum atomic E-state index is 11.8. The van der Waals surface area contributed by atoms with Gasteiger partial charge in [-0.25, -0.2) is 0 Å². The van der Waals surface area contributed by atoms with E-state index in [1.165, 1.54) is 25.7 Å². The molecule has 94 valence electrons. The average Bonchev–Trinajstić information content (AvgIpc) is 2.83. The number of hydrogen-bond acceptors (Lipinski definition) is 2. The molecule has 0 atom stereocenters. The lowest BCUT2D eigenvalue weighted by Crippen LogP contribution is -2.29. The van der Waals surface area contributed by atoms with Gasteiger partial charge in [0, 0.05) is 24.3 Å². The van der Waals surface area contributed by atoms with Crippen molar-refractivity contribution in [2.24, 2.45) is 0 Å². The Labute approximate surface area is 103 Å². The number of pyridine rings is 1. The van der Waals surface area contributed by atoms with Crippen molar-refractivity contribution >= 4 is 0 Å². The fourth-order valence-electron chi connectivity index (χ4n) is 2.52. The number of aromatic nitrogens is 1. The lowest BCUT2D eigenvalue weighted by molar-refractivity contribution is 0.492. The van der Waals surface area contributed by atoms with E-state index >= 15 is 0 Å². The second-order valence-corrected chi connectivity index (χ2v) is 4.98. The highest BCUT2D eigenvalue weighted by molar-refractivity contribution is 5.07. The van der Waals surface area contributed by atoms with Crippen LogP contribution in [-0.4, -0.2) is 17.2 Å². The summed E-state index contributed by atoms with van der Waals surface area (Å²) in [5.41, 5.74) is 0.976. The van der Waals surface area contributed by atoms with E-state index in [-0.39, 0.29) is 5.56 Å². The topological polar surface area (TPSA) is 34.0 Å². The molecule has 1 aliphatic carbocycles. The monoisotopic (exact) mass is 234 g/mol. The van der Waals surface area contributed by atoms with Crippen LogP contribution in [0.3, 0.4) is 0 Å². The van der Waals surface area contributed by atoms with Crippen LogP contribution in [0.2, 0.25) is 0 Å². The van der Waals surface area contributed by atoms with Crippen LogP contribution in [-0.2, 0) is 6.54 Å². The number of aryl methyl sites for hydroxylation is 2. The van der Waals surface area contributed by atoms with Crippen LogP contribution >= 0.6 is 0 Å². The second kappa shape index (κ2) is 6.01. The summed E-state index contributed by atoms with van der Waals surface area (Å²) in [7, 11) is 0. The maximum absolute atomic E-state index is 11.8. The highest BCUT2D eigenvalue weighted by atomic mass is 16.1. The maximum Gasteiger partial charge on any atom is 0.253 e. The average molecular weight is 234 g/mol. The van der Waals surface area contributed by atoms with Gasteiger partial charge in [-0.15, -0.1) is 0 Å². The van der Waals surface area contributed by atoms with Gasteiger partial charge < -0.3 is 9.88 Å². The minimum atomic E-state index is 0.147. The number of rotatable bonds is 5. The van der Waals surface area contributed by atoms with Crippen molar-refractivity contribution in [3.8, 4) is 0 Å². The van der Waals surface area contributed by atoms with E-state index in [9.17, 15) is 4.79 Å². The largest absolute Gasteiger partial charge is 0.315 e. The van der Waals surface area contributed by atoms with E-state index in [1.54, 1.807) is 0 Å². The molecule has 1 aromatic heterocycles. The van der Waals surface area contributed by atoms with Gasteiger partial charge in [-0.05, 0) is 38.8 Å². The van der Waals surface area contributed by atoms with Gasteiger partial charge in [-0.1, -0.05) is 18.9 Å². The SMILES string of the molecule is Cc1cccn(CCCNC2CCCC2)c1=O. The molecule has 1 fully saturated rings. The summed E-state index contributed by atoms with van der Waals surface area (Å²) in [4.78, 5) is 11.8. The summed E-state index contributed by atoms with van der Waals surface area (Å²) in [6.07, 6.45) is 8.30. The quantitative estimate of drug-likeness (QED) is 0.791. The van der Waals surface area contributed by atoms with Crippen LogP contribution in [0, 0.1) is 6.92 Å². The highest BCUT2D eigenvalue weighted by Gasteiger charge is 2.13. The molecule has 0 spiro atoms. The number of nitrogens with one attached hydrogen (secondary N) is 1. The summed E-state index contributed by atoms with van der Waals surface area (Å²) in [5, 5.41) is 3.57. The first-order valence-corrected chi connectivity index (χ1v) is 6.67. The molecule has 1 aliphatic rings. The second-order valence-electron chi connectivity index (χ2n) is 4.98. The zero-order valence-electron chi connectivity index (χ0n) is 10.6. The zero-order chi connectivity index (χ0) is 12.1. The Kier molecular flexibility index (Phi) is 4.37. The molecule has 0 bridgehead atoms. The first-order chi connectivity index (χ1) is 8.27. The number of nitrogens with zero attached hydrogens (tertiary/aromatic N) is 1. The molecular weight excluding hydrogens is 212 g/mol. The van der Waals surface area contributed by atoms with Gasteiger partial charge in [-0.3, -0.25) is 4.79 Å². The minimum absolute atomic E-state index is 0.147. The lowest BCUT2D eigenvalue weighted by atomic mass is 10.2. The third-order valence-corrected chi connectivity index (χ3v) is 3.57. The van der Waals surface area contributed by atoms with Crippen molar-refractivity contribution in [1.82, 2.24) is 9.88 Å².